The van der Waals surface area contributed by atoms with Crippen LogP contribution in [0.5, 0.6) is 0 Å². The van der Waals surface area contributed by atoms with Crippen LogP contribution in [0.2, 0.25) is 0 Å². The number of carbonyl (C=O) groups excluding carboxylic acids is 1. The van der Waals surface area contributed by atoms with Crippen LogP contribution in [0.4, 0.5) is 0 Å². The fourth-order valence-electron chi connectivity index (χ4n) is 2.49. The standard InChI is InChI=1S/C16H21N3O3S/c1-11-15(12(2)18-23(21,22)17-11)10-16(20)19(4)13(3)14-8-6-5-7-9-14/h5-9,13,17H,10H2,1-4H3/t13-/m0/s1. The van der Waals surface area contributed by atoms with Gasteiger partial charge in [0.2, 0.25) is 5.91 Å². The molecule has 1 N–H and O–H groups in total. The fraction of sp³-hybridized carbons (Fsp3) is 0.375. The van der Waals surface area contributed by atoms with Crippen molar-refractivity contribution in [3.63, 3.8) is 0 Å². The van der Waals surface area contributed by atoms with E-state index in [0.29, 0.717) is 17.0 Å². The van der Waals surface area contributed by atoms with E-state index in [9.17, 15) is 13.2 Å². The molecule has 0 aliphatic carbocycles. The van der Waals surface area contributed by atoms with Gasteiger partial charge in [-0.2, -0.15) is 8.42 Å². The van der Waals surface area contributed by atoms with Crippen molar-refractivity contribution >= 4 is 21.8 Å². The first-order valence-corrected chi connectivity index (χ1v) is 8.75. The van der Waals surface area contributed by atoms with Gasteiger partial charge in [0.05, 0.1) is 18.2 Å². The van der Waals surface area contributed by atoms with Gasteiger partial charge < -0.3 is 4.90 Å². The van der Waals surface area contributed by atoms with Gasteiger partial charge in [0.1, 0.15) is 0 Å². The van der Waals surface area contributed by atoms with Crippen LogP contribution in [0.3, 0.4) is 0 Å². The Kier molecular flexibility index (Phi) is 4.89. The van der Waals surface area contributed by atoms with Crippen LogP contribution in [-0.2, 0) is 15.0 Å². The maximum Gasteiger partial charge on any atom is 0.342 e. The molecule has 1 heterocycles. The zero-order chi connectivity index (χ0) is 17.2. The quantitative estimate of drug-likeness (QED) is 0.916. The lowest BCUT2D eigenvalue weighted by Gasteiger charge is -2.27. The SMILES string of the molecule is CC1=NS(=O)(=O)NC(C)=C1CC(=O)N(C)[C@@H](C)c1ccccc1. The first-order valence-electron chi connectivity index (χ1n) is 7.31. The molecule has 1 aliphatic heterocycles. The number of benzene rings is 1. The molecule has 6 nitrogen and oxygen atoms in total. The molecule has 0 spiro atoms. The molecule has 7 heteroatoms. The lowest BCUT2D eigenvalue weighted by molar-refractivity contribution is -0.131. The van der Waals surface area contributed by atoms with E-state index in [4.69, 9.17) is 0 Å². The van der Waals surface area contributed by atoms with Crippen molar-refractivity contribution in [2.45, 2.75) is 33.2 Å². The predicted molar refractivity (Wildman–Crippen MR) is 90.1 cm³/mol. The van der Waals surface area contributed by atoms with Gasteiger partial charge in [-0.25, -0.2) is 0 Å². The molecule has 23 heavy (non-hydrogen) atoms. The summed E-state index contributed by atoms with van der Waals surface area (Å²) in [7, 11) is -1.93. The maximum absolute atomic E-state index is 12.5. The molecule has 2 rings (SSSR count). The van der Waals surface area contributed by atoms with Crippen LogP contribution in [0, 0.1) is 0 Å². The second-order valence-electron chi connectivity index (χ2n) is 5.63. The van der Waals surface area contributed by atoms with Crippen LogP contribution in [0.1, 0.15) is 38.8 Å². The van der Waals surface area contributed by atoms with Crippen molar-refractivity contribution < 1.29 is 13.2 Å². The topological polar surface area (TPSA) is 78.8 Å². The summed E-state index contributed by atoms with van der Waals surface area (Å²) >= 11 is 0. The summed E-state index contributed by atoms with van der Waals surface area (Å²) in [6.07, 6.45) is 0.108. The monoisotopic (exact) mass is 335 g/mol. The lowest BCUT2D eigenvalue weighted by Crippen LogP contribution is -2.33. The fourth-order valence-corrected chi connectivity index (χ4v) is 3.52. The van der Waals surface area contributed by atoms with Gasteiger partial charge in [-0.3, -0.25) is 9.52 Å². The first kappa shape index (κ1) is 17.2. The number of hydrogen-bond donors (Lipinski definition) is 1. The zero-order valence-electron chi connectivity index (χ0n) is 13.7. The Morgan fingerprint density at radius 1 is 1.26 bits per heavy atom. The van der Waals surface area contributed by atoms with Crippen LogP contribution >= 0.6 is 0 Å². The highest BCUT2D eigenvalue weighted by Crippen LogP contribution is 2.22. The molecule has 1 amide bonds. The molecule has 0 unspecified atom stereocenters. The van der Waals surface area contributed by atoms with Gasteiger partial charge in [0.15, 0.2) is 0 Å². The van der Waals surface area contributed by atoms with E-state index in [0.717, 1.165) is 5.56 Å². The van der Waals surface area contributed by atoms with E-state index in [1.807, 2.05) is 37.3 Å². The molecule has 0 saturated carbocycles. The molecule has 1 aromatic carbocycles. The van der Waals surface area contributed by atoms with Gasteiger partial charge in [-0.05, 0) is 26.3 Å². The minimum Gasteiger partial charge on any atom is -0.339 e. The van der Waals surface area contributed by atoms with Gasteiger partial charge in [0, 0.05) is 18.3 Å². The van der Waals surface area contributed by atoms with Gasteiger partial charge >= 0.3 is 10.2 Å². The molecule has 0 aromatic heterocycles. The Morgan fingerprint density at radius 3 is 2.43 bits per heavy atom. The van der Waals surface area contributed by atoms with Gasteiger partial charge in [-0.1, -0.05) is 30.3 Å². The van der Waals surface area contributed by atoms with Crippen molar-refractivity contribution in [3.05, 3.63) is 47.2 Å². The van der Waals surface area contributed by atoms with E-state index in [2.05, 4.69) is 9.12 Å². The van der Waals surface area contributed by atoms with Crippen molar-refractivity contribution in [1.29, 1.82) is 0 Å². The van der Waals surface area contributed by atoms with Gasteiger partial charge in [0.25, 0.3) is 0 Å². The minimum absolute atomic E-state index is 0.0675. The molecule has 1 atom stereocenters. The maximum atomic E-state index is 12.5. The lowest BCUT2D eigenvalue weighted by atomic mass is 10.0. The highest BCUT2D eigenvalue weighted by molar-refractivity contribution is 7.88. The third-order valence-corrected chi connectivity index (χ3v) is 5.09. The zero-order valence-corrected chi connectivity index (χ0v) is 14.5. The molecular formula is C16H21N3O3S. The molecule has 124 valence electrons. The van der Waals surface area contributed by atoms with Crippen LogP contribution in [0.15, 0.2) is 46.0 Å². The minimum atomic E-state index is -3.67. The van der Waals surface area contributed by atoms with Crippen molar-refractivity contribution in [3.8, 4) is 0 Å². The Bertz CT molecular complexity index is 767. The third kappa shape index (κ3) is 3.98. The summed E-state index contributed by atoms with van der Waals surface area (Å²) in [6.45, 7) is 5.20. The van der Waals surface area contributed by atoms with E-state index in [1.165, 1.54) is 0 Å². The molecule has 1 aromatic rings. The average molecular weight is 335 g/mol. The summed E-state index contributed by atoms with van der Waals surface area (Å²) in [5, 5.41) is 0. The molecule has 0 fully saturated rings. The third-order valence-electron chi connectivity index (χ3n) is 4.01. The summed E-state index contributed by atoms with van der Waals surface area (Å²) in [4.78, 5) is 14.2. The molecule has 0 bridgehead atoms. The number of carbonyl (C=O) groups is 1. The van der Waals surface area contributed by atoms with E-state index in [-0.39, 0.29) is 18.4 Å². The predicted octanol–water partition coefficient (Wildman–Crippen LogP) is 2.18. The van der Waals surface area contributed by atoms with Crippen LogP contribution < -0.4 is 4.72 Å². The number of nitrogens with one attached hydrogen (secondary N) is 1. The summed E-state index contributed by atoms with van der Waals surface area (Å²) < 4.78 is 28.9. The Labute approximate surface area is 137 Å². The van der Waals surface area contributed by atoms with Crippen molar-refractivity contribution in [2.75, 3.05) is 7.05 Å². The van der Waals surface area contributed by atoms with Crippen molar-refractivity contribution in [1.82, 2.24) is 9.62 Å². The first-order chi connectivity index (χ1) is 10.7. The van der Waals surface area contributed by atoms with Crippen LogP contribution in [0.25, 0.3) is 0 Å². The summed E-state index contributed by atoms with van der Waals surface area (Å²) in [6, 6.07) is 9.68. The van der Waals surface area contributed by atoms with Crippen molar-refractivity contribution in [2.24, 2.45) is 4.40 Å². The number of allylic oxidation sites excluding steroid dienone is 1. The number of nitrogens with zero attached hydrogens (tertiary/aromatic N) is 2. The van der Waals surface area contributed by atoms with Crippen LogP contribution in [-0.4, -0.2) is 32.0 Å². The highest BCUT2D eigenvalue weighted by atomic mass is 32.2. The normalized spacial score (nSPS) is 18.0. The molecular weight excluding hydrogens is 314 g/mol. The number of rotatable bonds is 4. The average Bonchev–Trinajstić information content (AvgIpc) is 2.49. The molecule has 0 radical (unpaired) electrons. The number of amides is 1. The Balaban J connectivity index is 2.15. The van der Waals surface area contributed by atoms with E-state index < -0.39 is 10.2 Å². The Hall–Kier alpha value is -2.15. The number of hydrogen-bond acceptors (Lipinski definition) is 3. The molecule has 0 saturated heterocycles. The second kappa shape index (κ2) is 6.54. The second-order valence-corrected chi connectivity index (χ2v) is 6.96. The summed E-state index contributed by atoms with van der Waals surface area (Å²) in [5.41, 5.74) is 2.47. The highest BCUT2D eigenvalue weighted by Gasteiger charge is 2.25. The van der Waals surface area contributed by atoms with E-state index >= 15 is 0 Å². The van der Waals surface area contributed by atoms with Gasteiger partial charge in [-0.15, -0.1) is 4.40 Å². The molecule has 1 aliphatic rings. The van der Waals surface area contributed by atoms with E-state index in [1.54, 1.807) is 25.8 Å². The smallest absolute Gasteiger partial charge is 0.339 e. The largest absolute Gasteiger partial charge is 0.342 e. The Morgan fingerprint density at radius 2 is 1.87 bits per heavy atom. The summed E-state index contributed by atoms with van der Waals surface area (Å²) in [5.74, 6) is -0.0913.